The SMILES string of the molecule is C=C1Nc2c(cnn2C)CN(C(=O)c2ccc(CCC(=O)N(CC3CCNCC3)C3CC3)c(C)c2)/C1=C/C=C\C.CC.CC. The predicted molar refractivity (Wildman–Crippen MR) is 181 cm³/mol. The van der Waals surface area contributed by atoms with Crippen molar-refractivity contribution in [2.45, 2.75) is 92.7 Å². The van der Waals surface area contributed by atoms with E-state index >= 15 is 0 Å². The molecule has 2 aromatic rings. The molecule has 8 heteroatoms. The molecule has 0 spiro atoms. The number of nitrogens with zero attached hydrogens (tertiary/aromatic N) is 4. The van der Waals surface area contributed by atoms with Gasteiger partial charge in [-0.1, -0.05) is 52.5 Å². The van der Waals surface area contributed by atoms with Crippen LogP contribution in [-0.4, -0.2) is 57.1 Å². The number of aryl methyl sites for hydroxylation is 3. The summed E-state index contributed by atoms with van der Waals surface area (Å²) >= 11 is 0. The first-order chi connectivity index (χ1) is 21.4. The molecular formula is C36H54N6O2. The van der Waals surface area contributed by atoms with Crippen LogP contribution in [0.15, 0.2) is 60.6 Å². The summed E-state index contributed by atoms with van der Waals surface area (Å²) in [5.41, 5.74) is 5.06. The maximum Gasteiger partial charge on any atom is 0.258 e. The Morgan fingerprint density at radius 3 is 2.45 bits per heavy atom. The van der Waals surface area contributed by atoms with Gasteiger partial charge in [-0.2, -0.15) is 5.10 Å². The highest BCUT2D eigenvalue weighted by molar-refractivity contribution is 5.96. The molecule has 5 rings (SSSR count). The van der Waals surface area contributed by atoms with E-state index in [4.69, 9.17) is 0 Å². The van der Waals surface area contributed by atoms with Gasteiger partial charge in [0.25, 0.3) is 5.91 Å². The highest BCUT2D eigenvalue weighted by atomic mass is 16.2. The summed E-state index contributed by atoms with van der Waals surface area (Å²) in [7, 11) is 1.87. The van der Waals surface area contributed by atoms with Crippen LogP contribution in [0.3, 0.4) is 0 Å². The monoisotopic (exact) mass is 602 g/mol. The van der Waals surface area contributed by atoms with Gasteiger partial charge in [-0.25, -0.2) is 0 Å². The molecule has 2 N–H and O–H groups in total. The van der Waals surface area contributed by atoms with E-state index in [1.54, 1.807) is 15.8 Å². The number of hydrogen-bond donors (Lipinski definition) is 2. The number of benzene rings is 1. The van der Waals surface area contributed by atoms with Crippen molar-refractivity contribution in [3.63, 3.8) is 0 Å². The van der Waals surface area contributed by atoms with Crippen LogP contribution in [0.5, 0.6) is 0 Å². The first kappa shape index (κ1) is 34.8. The molecule has 2 fully saturated rings. The molecule has 44 heavy (non-hydrogen) atoms. The fraction of sp³-hybridized carbons (Fsp3) is 0.528. The number of amides is 2. The maximum atomic E-state index is 13.9. The van der Waals surface area contributed by atoms with Gasteiger partial charge in [0.05, 0.1) is 24.1 Å². The average Bonchev–Trinajstić information content (AvgIpc) is 3.86. The second kappa shape index (κ2) is 17.0. The molecule has 1 aliphatic carbocycles. The lowest BCUT2D eigenvalue weighted by Gasteiger charge is -2.30. The molecule has 8 nitrogen and oxygen atoms in total. The number of carbonyl (C=O) groups excluding carboxylic acids is 2. The molecule has 2 aliphatic heterocycles. The van der Waals surface area contributed by atoms with Crippen LogP contribution in [0, 0.1) is 12.8 Å². The van der Waals surface area contributed by atoms with Crippen LogP contribution in [0.2, 0.25) is 0 Å². The number of aromatic nitrogens is 2. The molecule has 0 bridgehead atoms. The van der Waals surface area contributed by atoms with Crippen LogP contribution in [-0.2, 0) is 24.8 Å². The minimum Gasteiger partial charge on any atom is -0.339 e. The van der Waals surface area contributed by atoms with Crippen molar-refractivity contribution in [3.05, 3.63) is 82.9 Å². The third-order valence-corrected chi connectivity index (χ3v) is 8.32. The molecule has 3 aliphatic rings. The highest BCUT2D eigenvalue weighted by Gasteiger charge is 2.34. The normalized spacial score (nSPS) is 17.6. The zero-order valence-corrected chi connectivity index (χ0v) is 28.1. The highest BCUT2D eigenvalue weighted by Crippen LogP contribution is 2.31. The fourth-order valence-corrected chi connectivity index (χ4v) is 5.78. The van der Waals surface area contributed by atoms with Crippen LogP contribution >= 0.6 is 0 Å². The molecule has 1 saturated heterocycles. The zero-order chi connectivity index (χ0) is 32.2. The van der Waals surface area contributed by atoms with Gasteiger partial charge in [0.2, 0.25) is 5.91 Å². The molecule has 1 aromatic heterocycles. The lowest BCUT2D eigenvalue weighted by atomic mass is 9.96. The Morgan fingerprint density at radius 1 is 1.11 bits per heavy atom. The van der Waals surface area contributed by atoms with Crippen molar-refractivity contribution in [2.75, 3.05) is 25.0 Å². The molecular weight excluding hydrogens is 548 g/mol. The second-order valence-electron chi connectivity index (χ2n) is 11.3. The van der Waals surface area contributed by atoms with E-state index < -0.39 is 0 Å². The topological polar surface area (TPSA) is 82.5 Å². The Kier molecular flexibility index (Phi) is 13.5. The molecule has 2 amide bonds. The van der Waals surface area contributed by atoms with Gasteiger partial charge >= 0.3 is 0 Å². The standard InChI is InChI=1S/C32H42N6O2.2C2H6/c1-5-6-7-29-23(3)35-31-27(19-34-36(31)4)21-38(29)32(40)26-9-8-25(22(2)18-26)10-13-30(39)37(28-11-12-28)20-24-14-16-33-17-15-24;2*1-2/h5-9,18-19,24,28,33,35H,3,10-17,20-21H2,1-2,4H3;2*1-2H3/b6-5-,29-7+;;. The summed E-state index contributed by atoms with van der Waals surface area (Å²) in [6, 6.07) is 6.29. The van der Waals surface area contributed by atoms with E-state index in [-0.39, 0.29) is 11.8 Å². The lowest BCUT2D eigenvalue weighted by molar-refractivity contribution is -0.132. The minimum atomic E-state index is -0.0944. The molecule has 240 valence electrons. The molecule has 0 unspecified atom stereocenters. The smallest absolute Gasteiger partial charge is 0.258 e. The van der Waals surface area contributed by atoms with Gasteiger partial charge in [0.15, 0.2) is 0 Å². The molecule has 3 heterocycles. The number of anilines is 1. The van der Waals surface area contributed by atoms with E-state index in [1.165, 1.54) is 0 Å². The van der Waals surface area contributed by atoms with Crippen LogP contribution in [0.4, 0.5) is 5.82 Å². The van der Waals surface area contributed by atoms with Crippen molar-refractivity contribution in [1.82, 2.24) is 24.9 Å². The first-order valence-electron chi connectivity index (χ1n) is 16.6. The number of piperidine rings is 1. The summed E-state index contributed by atoms with van der Waals surface area (Å²) in [5.74, 6) is 1.62. The van der Waals surface area contributed by atoms with Gasteiger partial charge in [0.1, 0.15) is 5.82 Å². The average molecular weight is 603 g/mol. The van der Waals surface area contributed by atoms with E-state index in [1.807, 2.05) is 85.0 Å². The Bertz CT molecular complexity index is 1330. The summed E-state index contributed by atoms with van der Waals surface area (Å²) < 4.78 is 1.76. The van der Waals surface area contributed by atoms with Gasteiger partial charge in [-0.05, 0) is 94.3 Å². The van der Waals surface area contributed by atoms with E-state index in [2.05, 4.69) is 27.2 Å². The van der Waals surface area contributed by atoms with Gasteiger partial charge in [-0.3, -0.25) is 14.3 Å². The minimum absolute atomic E-state index is 0.0944. The summed E-state index contributed by atoms with van der Waals surface area (Å²) in [4.78, 5) is 31.1. The number of carbonyl (C=O) groups is 2. The Labute approximate surface area is 265 Å². The predicted octanol–water partition coefficient (Wildman–Crippen LogP) is 6.75. The number of rotatable bonds is 8. The fourth-order valence-electron chi connectivity index (χ4n) is 5.78. The van der Waals surface area contributed by atoms with E-state index in [0.29, 0.717) is 42.6 Å². The number of fused-ring (bicyclic) bond motifs is 1. The zero-order valence-electron chi connectivity index (χ0n) is 28.1. The molecule has 0 radical (unpaired) electrons. The first-order valence-corrected chi connectivity index (χ1v) is 16.6. The lowest BCUT2D eigenvalue weighted by Crippen LogP contribution is -2.40. The van der Waals surface area contributed by atoms with Crippen molar-refractivity contribution < 1.29 is 9.59 Å². The third-order valence-electron chi connectivity index (χ3n) is 8.32. The van der Waals surface area contributed by atoms with Crippen molar-refractivity contribution in [2.24, 2.45) is 13.0 Å². The van der Waals surface area contributed by atoms with Gasteiger partial charge in [0, 0.05) is 37.2 Å². The van der Waals surface area contributed by atoms with E-state index in [0.717, 1.165) is 73.5 Å². The van der Waals surface area contributed by atoms with Crippen LogP contribution in [0.1, 0.15) is 93.8 Å². The molecule has 1 aromatic carbocycles. The number of allylic oxidation sites excluding steroid dienone is 3. The second-order valence-corrected chi connectivity index (χ2v) is 11.3. The van der Waals surface area contributed by atoms with Gasteiger partial charge in [-0.15, -0.1) is 0 Å². The van der Waals surface area contributed by atoms with Crippen LogP contribution in [0.25, 0.3) is 0 Å². The van der Waals surface area contributed by atoms with E-state index in [9.17, 15) is 9.59 Å². The summed E-state index contributed by atoms with van der Waals surface area (Å²) in [6.45, 7) is 19.6. The number of hydrogen-bond acceptors (Lipinski definition) is 5. The van der Waals surface area contributed by atoms with Crippen molar-refractivity contribution >= 4 is 17.6 Å². The summed E-state index contributed by atoms with van der Waals surface area (Å²) in [6.07, 6.45) is 13.3. The Morgan fingerprint density at radius 2 is 1.82 bits per heavy atom. The quantitative estimate of drug-likeness (QED) is 0.350. The third kappa shape index (κ3) is 8.72. The van der Waals surface area contributed by atoms with Crippen molar-refractivity contribution in [1.29, 1.82) is 0 Å². The Balaban J connectivity index is 0.00000127. The number of nitrogens with one attached hydrogen (secondary N) is 2. The molecule has 0 atom stereocenters. The van der Waals surface area contributed by atoms with Gasteiger partial charge < -0.3 is 20.4 Å². The molecule has 1 saturated carbocycles. The largest absolute Gasteiger partial charge is 0.339 e. The Hall–Kier alpha value is -3.65. The van der Waals surface area contributed by atoms with Crippen LogP contribution < -0.4 is 10.6 Å². The summed E-state index contributed by atoms with van der Waals surface area (Å²) in [5, 5.41) is 11.1. The maximum absolute atomic E-state index is 13.9. The van der Waals surface area contributed by atoms with Crippen molar-refractivity contribution in [3.8, 4) is 0 Å².